The maximum atomic E-state index is 11.3. The summed E-state index contributed by atoms with van der Waals surface area (Å²) in [6.07, 6.45) is 1.21. The van der Waals surface area contributed by atoms with Gasteiger partial charge in [0.05, 0.1) is 6.42 Å². The number of ketones is 2. The van der Waals surface area contributed by atoms with Crippen LogP contribution in [0.3, 0.4) is 0 Å². The first-order chi connectivity index (χ1) is 5.25. The van der Waals surface area contributed by atoms with Crippen LogP contribution in [-0.2, 0) is 29.1 Å². The van der Waals surface area contributed by atoms with E-state index in [0.29, 0.717) is 0 Å². The second-order valence-corrected chi connectivity index (χ2v) is 4.32. The van der Waals surface area contributed by atoms with Crippen LogP contribution in [0.2, 0.25) is 0 Å². The van der Waals surface area contributed by atoms with E-state index in [-0.39, 0.29) is 37.0 Å². The molecule has 0 spiro atoms. The first kappa shape index (κ1) is 15.4. The zero-order valence-corrected chi connectivity index (χ0v) is 10.6. The molecule has 0 saturated carbocycles. The van der Waals surface area contributed by atoms with Gasteiger partial charge in [-0.25, -0.2) is 0 Å². The monoisotopic (exact) mass is 271 g/mol. The van der Waals surface area contributed by atoms with Gasteiger partial charge in [0.2, 0.25) is 0 Å². The Morgan fingerprint density at radius 3 is 1.77 bits per heavy atom. The van der Waals surface area contributed by atoms with Crippen molar-refractivity contribution >= 4 is 11.6 Å². The Balaban J connectivity index is 0. The molecule has 0 amide bonds. The molecule has 0 bridgehead atoms. The Hall–Kier alpha value is -0.0366. The van der Waals surface area contributed by atoms with Gasteiger partial charge in [-0.15, -0.1) is 0 Å². The van der Waals surface area contributed by atoms with Gasteiger partial charge in [-0.1, -0.05) is 34.6 Å². The number of hydrogen-bond donors (Lipinski definition) is 0. The number of carbonyl (C=O) groups excluding carboxylic acids is 2. The molecule has 0 fully saturated rings. The Labute approximate surface area is 93.2 Å². The summed E-state index contributed by atoms with van der Waals surface area (Å²) < 4.78 is 0. The Bertz CT molecular complexity index is 190. The molecule has 0 aromatic heterocycles. The fourth-order valence-corrected chi connectivity index (χ4v) is 0.512. The van der Waals surface area contributed by atoms with Crippen molar-refractivity contribution in [3.05, 3.63) is 6.42 Å². The first-order valence-corrected chi connectivity index (χ1v) is 4.18. The van der Waals surface area contributed by atoms with Gasteiger partial charge in [-0.05, 0) is 0 Å². The Kier molecular flexibility index (Phi) is 6.70. The van der Waals surface area contributed by atoms with Crippen molar-refractivity contribution in [3.63, 3.8) is 0 Å². The van der Waals surface area contributed by atoms with Gasteiger partial charge < -0.3 is 0 Å². The van der Waals surface area contributed by atoms with Crippen LogP contribution < -0.4 is 0 Å². The maximum absolute atomic E-state index is 11.3. The summed E-state index contributed by atoms with van der Waals surface area (Å²) in [4.78, 5) is 22.4. The topological polar surface area (TPSA) is 34.1 Å². The molecule has 0 unspecified atom stereocenters. The van der Waals surface area contributed by atoms with Crippen LogP contribution >= 0.6 is 0 Å². The number of rotatable bonds is 3. The quantitative estimate of drug-likeness (QED) is 0.581. The standard InChI is InChI=1S/C10H17O2.Ru/c1-7(2)8(11)6-9(12)10(3,4)5;/h6-7H,1-5H3;. The normalized spacial score (nSPS) is 10.9. The minimum atomic E-state index is -0.440. The van der Waals surface area contributed by atoms with E-state index in [2.05, 4.69) is 0 Å². The molecule has 0 rings (SSSR count). The van der Waals surface area contributed by atoms with Gasteiger partial charge in [-0.3, -0.25) is 9.59 Å². The Morgan fingerprint density at radius 1 is 1.15 bits per heavy atom. The molecule has 0 aliphatic carbocycles. The smallest absolute Gasteiger partial charge is 0.149 e. The third-order valence-electron chi connectivity index (χ3n) is 1.58. The van der Waals surface area contributed by atoms with Crippen molar-refractivity contribution < 1.29 is 29.1 Å². The van der Waals surface area contributed by atoms with Crippen LogP contribution in [0.15, 0.2) is 0 Å². The summed E-state index contributed by atoms with van der Waals surface area (Å²) in [6, 6.07) is 0. The largest absolute Gasteiger partial charge is 0.299 e. The van der Waals surface area contributed by atoms with Crippen LogP contribution in [0.25, 0.3) is 0 Å². The summed E-state index contributed by atoms with van der Waals surface area (Å²) in [6.45, 7) is 8.99. The molecule has 2 nitrogen and oxygen atoms in total. The zero-order valence-electron chi connectivity index (χ0n) is 8.82. The molecular formula is C10H17O2Ru. The van der Waals surface area contributed by atoms with Crippen LogP contribution in [0.5, 0.6) is 0 Å². The van der Waals surface area contributed by atoms with Crippen molar-refractivity contribution in [2.45, 2.75) is 34.6 Å². The third kappa shape index (κ3) is 6.09. The van der Waals surface area contributed by atoms with Gasteiger partial charge in [0, 0.05) is 30.8 Å². The second kappa shape index (κ2) is 5.64. The van der Waals surface area contributed by atoms with Gasteiger partial charge in [0.25, 0.3) is 0 Å². The van der Waals surface area contributed by atoms with Crippen molar-refractivity contribution in [1.29, 1.82) is 0 Å². The molecule has 0 heterocycles. The summed E-state index contributed by atoms with van der Waals surface area (Å²) >= 11 is 0. The number of hydrogen-bond acceptors (Lipinski definition) is 2. The minimum Gasteiger partial charge on any atom is -0.299 e. The average molecular weight is 270 g/mol. The molecular weight excluding hydrogens is 253 g/mol. The predicted octanol–water partition coefficient (Wildman–Crippen LogP) is 2.03. The van der Waals surface area contributed by atoms with Gasteiger partial charge in [0.1, 0.15) is 11.6 Å². The summed E-state index contributed by atoms with van der Waals surface area (Å²) in [5.74, 6) is -0.271. The number of Topliss-reactive ketones (excluding diaryl/α,β-unsaturated/α-hetero) is 2. The Morgan fingerprint density at radius 2 is 1.54 bits per heavy atom. The van der Waals surface area contributed by atoms with E-state index in [1.165, 1.54) is 6.42 Å². The molecule has 0 N–H and O–H groups in total. The van der Waals surface area contributed by atoms with E-state index in [1.807, 2.05) is 0 Å². The van der Waals surface area contributed by atoms with E-state index in [9.17, 15) is 9.59 Å². The van der Waals surface area contributed by atoms with Gasteiger partial charge >= 0.3 is 0 Å². The average Bonchev–Trinajstić information content (AvgIpc) is 1.85. The van der Waals surface area contributed by atoms with Crippen LogP contribution in [-0.4, -0.2) is 11.6 Å². The van der Waals surface area contributed by atoms with E-state index >= 15 is 0 Å². The molecule has 0 saturated heterocycles. The molecule has 0 aliphatic heterocycles. The maximum Gasteiger partial charge on any atom is 0.149 e. The predicted molar refractivity (Wildman–Crippen MR) is 48.6 cm³/mol. The summed E-state index contributed by atoms with van der Waals surface area (Å²) in [5, 5.41) is 0. The van der Waals surface area contributed by atoms with Crippen molar-refractivity contribution in [1.82, 2.24) is 0 Å². The zero-order chi connectivity index (χ0) is 9.94. The fourth-order valence-electron chi connectivity index (χ4n) is 0.512. The van der Waals surface area contributed by atoms with Crippen molar-refractivity contribution in [2.75, 3.05) is 0 Å². The van der Waals surface area contributed by atoms with E-state index < -0.39 is 5.41 Å². The van der Waals surface area contributed by atoms with Crippen LogP contribution in [0.4, 0.5) is 0 Å². The molecule has 0 aliphatic rings. The second-order valence-electron chi connectivity index (χ2n) is 4.32. The van der Waals surface area contributed by atoms with Gasteiger partial charge in [0.15, 0.2) is 0 Å². The van der Waals surface area contributed by atoms with Crippen molar-refractivity contribution in [2.24, 2.45) is 11.3 Å². The minimum absolute atomic E-state index is 0. The van der Waals surface area contributed by atoms with Crippen molar-refractivity contribution in [3.8, 4) is 0 Å². The van der Waals surface area contributed by atoms with Crippen LogP contribution in [0, 0.1) is 17.8 Å². The number of carbonyl (C=O) groups is 2. The van der Waals surface area contributed by atoms with Gasteiger partial charge in [-0.2, -0.15) is 0 Å². The summed E-state index contributed by atoms with van der Waals surface area (Å²) in [5.41, 5.74) is -0.440. The van der Waals surface area contributed by atoms with E-state index in [4.69, 9.17) is 0 Å². The molecule has 1 radical (unpaired) electrons. The molecule has 77 valence electrons. The first-order valence-electron chi connectivity index (χ1n) is 4.18. The molecule has 3 heteroatoms. The van der Waals surface area contributed by atoms with E-state index in [1.54, 1.807) is 34.6 Å². The molecule has 13 heavy (non-hydrogen) atoms. The fraction of sp³-hybridized carbons (Fsp3) is 0.700. The summed E-state index contributed by atoms with van der Waals surface area (Å²) in [7, 11) is 0. The van der Waals surface area contributed by atoms with E-state index in [0.717, 1.165) is 0 Å². The molecule has 0 aromatic rings. The molecule has 0 aromatic carbocycles. The van der Waals surface area contributed by atoms with Crippen LogP contribution in [0.1, 0.15) is 34.6 Å². The third-order valence-corrected chi connectivity index (χ3v) is 1.58. The molecule has 0 atom stereocenters. The SMILES string of the molecule is CC(C)C(=O)[CH]C(=O)C(C)(C)C.[Ru].